The summed E-state index contributed by atoms with van der Waals surface area (Å²) in [6.07, 6.45) is -27.0. The number of rotatable bonds is 15. The van der Waals surface area contributed by atoms with Crippen molar-refractivity contribution in [1.82, 2.24) is 0 Å². The van der Waals surface area contributed by atoms with Gasteiger partial charge < -0.3 is 9.47 Å². The molecule has 0 aromatic heterocycles. The van der Waals surface area contributed by atoms with Crippen molar-refractivity contribution in [2.45, 2.75) is 129 Å². The molecule has 0 N–H and O–H groups in total. The van der Waals surface area contributed by atoms with Crippen molar-refractivity contribution in [1.29, 1.82) is 0 Å². The van der Waals surface area contributed by atoms with Gasteiger partial charge in [0.1, 0.15) is 0 Å². The molecule has 0 aliphatic carbocycles. The topological polar surface area (TPSA) is 18.5 Å². The molecule has 1 heterocycles. The number of benzene rings is 1. The van der Waals surface area contributed by atoms with Crippen molar-refractivity contribution >= 4 is 0 Å². The third-order valence-electron chi connectivity index (χ3n) is 9.31. The standard InChI is InChI=1S/C29H24F26O2/c1-15(2)13-56-16(3,14-7-5-4-6-8-14)57-17(15,9-11-18(30,31)20(34,35)22(38,39)24(42,43)26(46,47)28(50,51)52)10-12-19(32,33)21(36,37)23(40,41)25(44,45)27(48,49)29(53,54)55/h4-8H,9-13H2,1-3H3. The van der Waals surface area contributed by atoms with Gasteiger partial charge in [-0.2, -0.15) is 114 Å². The maximum Gasteiger partial charge on any atom is 0.460 e. The van der Waals surface area contributed by atoms with E-state index >= 15 is 0 Å². The second-order valence-electron chi connectivity index (χ2n) is 13.6. The van der Waals surface area contributed by atoms with E-state index in [1.807, 2.05) is 0 Å². The van der Waals surface area contributed by atoms with Crippen LogP contribution < -0.4 is 0 Å². The van der Waals surface area contributed by atoms with Crippen LogP contribution in [0.2, 0.25) is 0 Å². The van der Waals surface area contributed by atoms with Gasteiger partial charge in [-0.3, -0.25) is 0 Å². The van der Waals surface area contributed by atoms with E-state index in [1.54, 1.807) is 0 Å². The molecular weight excluding hydrogens is 874 g/mol. The van der Waals surface area contributed by atoms with Crippen LogP contribution in [-0.2, 0) is 15.3 Å². The van der Waals surface area contributed by atoms with Gasteiger partial charge in [-0.1, -0.05) is 44.2 Å². The van der Waals surface area contributed by atoms with E-state index in [1.165, 1.54) is 6.07 Å². The third kappa shape index (κ3) is 7.45. The fourth-order valence-electron chi connectivity index (χ4n) is 5.41. The summed E-state index contributed by atoms with van der Waals surface area (Å²) in [6, 6.07) is 5.32. The van der Waals surface area contributed by atoms with Crippen molar-refractivity contribution in [2.24, 2.45) is 5.41 Å². The molecule has 1 aromatic carbocycles. The Kier molecular flexibility index (Phi) is 12.3. The molecule has 28 heteroatoms. The van der Waals surface area contributed by atoms with E-state index < -0.39 is 121 Å². The third-order valence-corrected chi connectivity index (χ3v) is 9.31. The minimum Gasteiger partial charge on any atom is -0.345 e. The molecule has 1 aromatic rings. The predicted octanol–water partition coefficient (Wildman–Crippen LogP) is 12.7. The van der Waals surface area contributed by atoms with Crippen LogP contribution in [0.25, 0.3) is 0 Å². The maximum absolute atomic E-state index is 15.0. The van der Waals surface area contributed by atoms with Crippen LogP contribution >= 0.6 is 0 Å². The summed E-state index contributed by atoms with van der Waals surface area (Å²) in [6.45, 7) is 0.640. The Morgan fingerprint density at radius 1 is 0.439 bits per heavy atom. The first-order chi connectivity index (χ1) is 24.7. The Bertz CT molecular complexity index is 1480. The normalized spacial score (nSPS) is 21.5. The molecule has 0 spiro atoms. The average Bonchev–Trinajstić information content (AvgIpc) is 3.03. The molecule has 1 aliphatic heterocycles. The van der Waals surface area contributed by atoms with Crippen molar-refractivity contribution in [3.8, 4) is 0 Å². The Morgan fingerprint density at radius 3 is 1.04 bits per heavy atom. The van der Waals surface area contributed by atoms with E-state index in [9.17, 15) is 114 Å². The molecule has 334 valence electrons. The Labute approximate surface area is 301 Å². The van der Waals surface area contributed by atoms with Gasteiger partial charge in [-0.25, -0.2) is 0 Å². The molecule has 57 heavy (non-hydrogen) atoms. The maximum atomic E-state index is 15.0. The van der Waals surface area contributed by atoms with E-state index in [4.69, 9.17) is 9.47 Å². The summed E-state index contributed by atoms with van der Waals surface area (Å²) in [5, 5.41) is 0. The summed E-state index contributed by atoms with van der Waals surface area (Å²) in [4.78, 5) is 0. The van der Waals surface area contributed by atoms with Crippen LogP contribution in [0.5, 0.6) is 0 Å². The highest BCUT2D eigenvalue weighted by Crippen LogP contribution is 2.64. The van der Waals surface area contributed by atoms with Gasteiger partial charge in [0, 0.05) is 23.8 Å². The summed E-state index contributed by atoms with van der Waals surface area (Å²) < 4.78 is 369. The lowest BCUT2D eigenvalue weighted by molar-refractivity contribution is -0.442. The minimum absolute atomic E-state index is 0.389. The second kappa shape index (κ2) is 13.9. The summed E-state index contributed by atoms with van der Waals surface area (Å²) in [5.74, 6) is -82.6. The summed E-state index contributed by atoms with van der Waals surface area (Å²) in [5.41, 5.74) is -6.51. The predicted molar refractivity (Wildman–Crippen MR) is 137 cm³/mol. The molecule has 0 bridgehead atoms. The molecule has 1 saturated heterocycles. The monoisotopic (exact) mass is 898 g/mol. The van der Waals surface area contributed by atoms with Crippen LogP contribution in [0.1, 0.15) is 52.0 Å². The van der Waals surface area contributed by atoms with Crippen LogP contribution in [0.3, 0.4) is 0 Å². The van der Waals surface area contributed by atoms with Crippen LogP contribution in [0, 0.1) is 5.41 Å². The first kappa shape index (κ1) is 50.5. The number of hydrogen-bond acceptors (Lipinski definition) is 2. The zero-order valence-corrected chi connectivity index (χ0v) is 28.1. The van der Waals surface area contributed by atoms with Gasteiger partial charge >= 0.3 is 71.6 Å². The molecule has 1 fully saturated rings. The molecular formula is C29H24F26O2. The highest BCUT2D eigenvalue weighted by molar-refractivity contribution is 5.22. The molecule has 2 rings (SSSR count). The largest absolute Gasteiger partial charge is 0.460 e. The highest BCUT2D eigenvalue weighted by atomic mass is 19.4. The molecule has 1 unspecified atom stereocenters. The zero-order valence-electron chi connectivity index (χ0n) is 28.1. The smallest absolute Gasteiger partial charge is 0.345 e. The lowest BCUT2D eigenvalue weighted by atomic mass is 9.67. The minimum atomic E-state index is -8.41. The van der Waals surface area contributed by atoms with Gasteiger partial charge in [-0.15, -0.1) is 0 Å². The lowest BCUT2D eigenvalue weighted by Gasteiger charge is -2.56. The van der Waals surface area contributed by atoms with Gasteiger partial charge in [0.05, 0.1) is 12.2 Å². The number of halogens is 26. The van der Waals surface area contributed by atoms with Crippen molar-refractivity contribution < 1.29 is 124 Å². The van der Waals surface area contributed by atoms with E-state index in [0.717, 1.165) is 24.3 Å². The first-order valence-electron chi connectivity index (χ1n) is 15.0. The van der Waals surface area contributed by atoms with Gasteiger partial charge in [-0.05, 0) is 19.8 Å². The SMILES string of the molecule is CC1(c2ccccc2)OCC(C)(C)C(CCC(F)(F)C(F)(F)C(F)(F)C(F)(F)C(F)(F)C(F)(F)F)(CCC(F)(F)C(F)(F)C(F)(F)C(F)(F)C(F)(F)C(F)(F)F)O1. The number of ether oxygens (including phenoxy) is 2. The molecule has 1 aliphatic rings. The molecule has 0 amide bonds. The van der Waals surface area contributed by atoms with Crippen LogP contribution in [0.4, 0.5) is 114 Å². The van der Waals surface area contributed by atoms with E-state index in [2.05, 4.69) is 0 Å². The van der Waals surface area contributed by atoms with Crippen molar-refractivity contribution in [2.75, 3.05) is 6.61 Å². The quantitative estimate of drug-likeness (QED) is 0.163. The summed E-state index contributed by atoms with van der Waals surface area (Å²) in [7, 11) is 0. The highest BCUT2D eigenvalue weighted by Gasteiger charge is 2.92. The number of alkyl halides is 26. The lowest BCUT2D eigenvalue weighted by Crippen LogP contribution is -2.70. The van der Waals surface area contributed by atoms with E-state index in [-0.39, 0.29) is 5.56 Å². The Hall–Kier alpha value is -2.68. The first-order valence-corrected chi connectivity index (χ1v) is 15.0. The van der Waals surface area contributed by atoms with Crippen LogP contribution in [-0.4, -0.2) is 83.8 Å². The fourth-order valence-corrected chi connectivity index (χ4v) is 5.41. The number of hydrogen-bond donors (Lipinski definition) is 0. The second-order valence-corrected chi connectivity index (χ2v) is 13.6. The molecule has 2 nitrogen and oxygen atoms in total. The molecule has 0 radical (unpaired) electrons. The van der Waals surface area contributed by atoms with Crippen molar-refractivity contribution in [3.05, 3.63) is 35.9 Å². The van der Waals surface area contributed by atoms with Gasteiger partial charge in [0.25, 0.3) is 0 Å². The Morgan fingerprint density at radius 2 is 0.737 bits per heavy atom. The van der Waals surface area contributed by atoms with Crippen molar-refractivity contribution in [3.63, 3.8) is 0 Å². The summed E-state index contributed by atoms with van der Waals surface area (Å²) >= 11 is 0. The van der Waals surface area contributed by atoms with Gasteiger partial charge in [0.15, 0.2) is 5.79 Å². The van der Waals surface area contributed by atoms with Gasteiger partial charge in [0.2, 0.25) is 0 Å². The average molecular weight is 898 g/mol. The Balaban J connectivity index is 2.78. The molecule has 1 atom stereocenters. The van der Waals surface area contributed by atoms with Crippen LogP contribution in [0.15, 0.2) is 30.3 Å². The molecule has 0 saturated carbocycles. The fraction of sp³-hybridized carbons (Fsp3) is 0.793. The van der Waals surface area contributed by atoms with E-state index in [0.29, 0.717) is 20.8 Å². The zero-order chi connectivity index (χ0) is 45.6.